The summed E-state index contributed by atoms with van der Waals surface area (Å²) in [5, 5.41) is 13.8. The lowest BCUT2D eigenvalue weighted by Gasteiger charge is -2.23. The van der Waals surface area contributed by atoms with Crippen LogP contribution in [-0.4, -0.2) is 13.5 Å². The molecule has 8 heteroatoms. The predicted molar refractivity (Wildman–Crippen MR) is 125 cm³/mol. The second kappa shape index (κ2) is 8.02. The van der Waals surface area contributed by atoms with E-state index >= 15 is 0 Å². The molecule has 0 saturated carbocycles. The molecule has 1 unspecified atom stereocenters. The molecule has 3 aromatic rings. The first-order valence-corrected chi connectivity index (χ1v) is 12.0. The molecule has 0 spiro atoms. The minimum atomic E-state index is -4.14. The van der Waals surface area contributed by atoms with E-state index in [-0.39, 0.29) is 21.0 Å². The highest BCUT2D eigenvalue weighted by atomic mass is 35.5. The van der Waals surface area contributed by atoms with E-state index in [1.165, 1.54) is 23.3 Å². The van der Waals surface area contributed by atoms with E-state index in [1.807, 2.05) is 39.0 Å². The van der Waals surface area contributed by atoms with Crippen LogP contribution in [0, 0.1) is 20.8 Å². The Labute approximate surface area is 192 Å². The Morgan fingerprint density at radius 1 is 1.06 bits per heavy atom. The fourth-order valence-electron chi connectivity index (χ4n) is 4.29. The Morgan fingerprint density at radius 2 is 1.77 bits per heavy atom. The average Bonchev–Trinajstić information content (AvgIpc) is 3.12. The molecule has 1 aliphatic rings. The third kappa shape index (κ3) is 3.89. The van der Waals surface area contributed by atoms with Crippen LogP contribution in [0.2, 0.25) is 10.0 Å². The highest BCUT2D eigenvalue weighted by Gasteiger charge is 2.29. The van der Waals surface area contributed by atoms with Gasteiger partial charge in [-0.2, -0.15) is 0 Å². The number of sulfonamides is 1. The van der Waals surface area contributed by atoms with Gasteiger partial charge in [-0.1, -0.05) is 53.5 Å². The number of hydrogen-bond donors (Lipinski definition) is 3. The van der Waals surface area contributed by atoms with Crippen molar-refractivity contribution in [2.75, 3.05) is 4.72 Å². The zero-order chi connectivity index (χ0) is 22.5. The molecule has 0 aliphatic carbocycles. The molecule has 0 saturated heterocycles. The summed E-state index contributed by atoms with van der Waals surface area (Å²) >= 11 is 11.9. The maximum Gasteiger partial charge on any atom is 0.265 e. The molecule has 0 fully saturated rings. The molecule has 1 atom stereocenters. The van der Waals surface area contributed by atoms with Gasteiger partial charge in [0.1, 0.15) is 4.90 Å². The van der Waals surface area contributed by atoms with Gasteiger partial charge < -0.3 is 10.4 Å². The lowest BCUT2D eigenvalue weighted by Crippen LogP contribution is -2.20. The van der Waals surface area contributed by atoms with Crippen LogP contribution in [0.15, 0.2) is 47.4 Å². The van der Waals surface area contributed by atoms with E-state index in [0.717, 1.165) is 28.8 Å². The van der Waals surface area contributed by atoms with Crippen molar-refractivity contribution >= 4 is 38.9 Å². The van der Waals surface area contributed by atoms with Gasteiger partial charge in [0.15, 0.2) is 5.75 Å². The van der Waals surface area contributed by atoms with Gasteiger partial charge in [-0.3, -0.25) is 4.72 Å². The van der Waals surface area contributed by atoms with Gasteiger partial charge in [0, 0.05) is 11.6 Å². The number of anilines is 1. The first-order chi connectivity index (χ1) is 14.6. The number of hydrogen-bond acceptors (Lipinski definition) is 4. The van der Waals surface area contributed by atoms with Crippen LogP contribution < -0.4 is 10.0 Å². The molecule has 0 amide bonds. The van der Waals surface area contributed by atoms with Gasteiger partial charge >= 0.3 is 0 Å². The SMILES string of the molecule is Cc1cc(C)c(C2NCc3ccccc32)c(C)c1NS(=O)(=O)c1cc(Cl)cc(Cl)c1O. The Morgan fingerprint density at radius 3 is 2.52 bits per heavy atom. The van der Waals surface area contributed by atoms with Gasteiger partial charge in [0.2, 0.25) is 0 Å². The number of aryl methyl sites for hydroxylation is 2. The lowest BCUT2D eigenvalue weighted by atomic mass is 9.89. The molecule has 3 aromatic carbocycles. The zero-order valence-electron chi connectivity index (χ0n) is 17.3. The molecule has 0 aromatic heterocycles. The maximum absolute atomic E-state index is 13.1. The third-order valence-corrected chi connectivity index (χ3v) is 7.57. The first kappa shape index (κ1) is 22.0. The highest BCUT2D eigenvalue weighted by Crippen LogP contribution is 2.40. The second-order valence-electron chi connectivity index (χ2n) is 7.78. The van der Waals surface area contributed by atoms with Gasteiger partial charge in [-0.05, 0) is 66.3 Å². The first-order valence-electron chi connectivity index (χ1n) is 9.73. The van der Waals surface area contributed by atoms with Crippen LogP contribution in [-0.2, 0) is 16.6 Å². The van der Waals surface area contributed by atoms with Crippen molar-refractivity contribution in [3.8, 4) is 5.75 Å². The van der Waals surface area contributed by atoms with Crippen LogP contribution in [0.5, 0.6) is 5.75 Å². The third-order valence-electron chi connectivity index (χ3n) is 5.70. The summed E-state index contributed by atoms with van der Waals surface area (Å²) in [5.41, 5.74) is 6.59. The van der Waals surface area contributed by atoms with E-state index in [2.05, 4.69) is 22.2 Å². The Hall–Kier alpha value is -2.25. The standard InChI is InChI=1S/C23H22Cl2N2O3S/c1-12-8-13(2)21(27-31(29,30)19-10-16(24)9-18(25)23(19)28)14(3)20(12)22-17-7-5-4-6-15(17)11-26-22/h4-10,22,26-28H,11H2,1-3H3. The molecule has 31 heavy (non-hydrogen) atoms. The summed E-state index contributed by atoms with van der Waals surface area (Å²) in [5.74, 6) is -0.535. The molecule has 4 rings (SSSR count). The molecule has 5 nitrogen and oxygen atoms in total. The molecule has 162 valence electrons. The summed E-state index contributed by atoms with van der Waals surface area (Å²) in [6.07, 6.45) is 0. The molecule has 0 bridgehead atoms. The average molecular weight is 477 g/mol. The minimum absolute atomic E-state index is 0.0333. The summed E-state index contributed by atoms with van der Waals surface area (Å²) in [4.78, 5) is -0.365. The van der Waals surface area contributed by atoms with E-state index in [4.69, 9.17) is 23.2 Å². The fraction of sp³-hybridized carbons (Fsp3) is 0.217. The fourth-order valence-corrected chi connectivity index (χ4v) is 6.25. The second-order valence-corrected chi connectivity index (χ2v) is 10.3. The van der Waals surface area contributed by atoms with E-state index in [1.54, 1.807) is 0 Å². The van der Waals surface area contributed by atoms with Crippen LogP contribution in [0.1, 0.15) is 39.4 Å². The monoisotopic (exact) mass is 476 g/mol. The molecular formula is C23H22Cl2N2O3S. The Bertz CT molecular complexity index is 1310. The Balaban J connectivity index is 1.82. The topological polar surface area (TPSA) is 78.4 Å². The zero-order valence-corrected chi connectivity index (χ0v) is 19.6. The van der Waals surface area contributed by atoms with Crippen LogP contribution in [0.3, 0.4) is 0 Å². The number of phenolic OH excluding ortho intramolecular Hbond substituents is 1. The van der Waals surface area contributed by atoms with Crippen molar-refractivity contribution in [3.05, 3.63) is 85.9 Å². The molecule has 1 aliphatic heterocycles. The maximum atomic E-state index is 13.1. The van der Waals surface area contributed by atoms with Crippen molar-refractivity contribution in [2.45, 2.75) is 38.3 Å². The molecule has 1 heterocycles. The van der Waals surface area contributed by atoms with Crippen molar-refractivity contribution in [1.82, 2.24) is 5.32 Å². The largest absolute Gasteiger partial charge is 0.505 e. The minimum Gasteiger partial charge on any atom is -0.505 e. The number of rotatable bonds is 4. The van der Waals surface area contributed by atoms with E-state index < -0.39 is 15.8 Å². The van der Waals surface area contributed by atoms with Gasteiger partial charge in [0.25, 0.3) is 10.0 Å². The highest BCUT2D eigenvalue weighted by molar-refractivity contribution is 7.92. The van der Waals surface area contributed by atoms with Crippen molar-refractivity contribution in [3.63, 3.8) is 0 Å². The predicted octanol–water partition coefficient (Wildman–Crippen LogP) is 5.62. The van der Waals surface area contributed by atoms with Crippen molar-refractivity contribution < 1.29 is 13.5 Å². The van der Waals surface area contributed by atoms with Crippen LogP contribution in [0.25, 0.3) is 0 Å². The smallest absolute Gasteiger partial charge is 0.265 e. The molecular weight excluding hydrogens is 455 g/mol. The number of halogens is 2. The number of nitrogens with one attached hydrogen (secondary N) is 2. The van der Waals surface area contributed by atoms with Crippen LogP contribution >= 0.6 is 23.2 Å². The van der Waals surface area contributed by atoms with Crippen molar-refractivity contribution in [1.29, 1.82) is 0 Å². The molecule has 0 radical (unpaired) electrons. The van der Waals surface area contributed by atoms with Gasteiger partial charge in [-0.15, -0.1) is 0 Å². The Kier molecular flexibility index (Phi) is 5.68. The van der Waals surface area contributed by atoms with Crippen molar-refractivity contribution in [2.24, 2.45) is 0 Å². The number of phenols is 1. The normalized spacial score (nSPS) is 15.7. The summed E-state index contributed by atoms with van der Waals surface area (Å²) in [6.45, 7) is 6.53. The summed E-state index contributed by atoms with van der Waals surface area (Å²) in [7, 11) is -4.14. The summed E-state index contributed by atoms with van der Waals surface area (Å²) in [6, 6.07) is 12.6. The van der Waals surface area contributed by atoms with E-state index in [9.17, 15) is 13.5 Å². The number of fused-ring (bicyclic) bond motifs is 1. The van der Waals surface area contributed by atoms with Gasteiger partial charge in [0.05, 0.1) is 16.8 Å². The summed E-state index contributed by atoms with van der Waals surface area (Å²) < 4.78 is 28.9. The van der Waals surface area contributed by atoms with Gasteiger partial charge in [-0.25, -0.2) is 8.42 Å². The molecule has 3 N–H and O–H groups in total. The van der Waals surface area contributed by atoms with E-state index in [0.29, 0.717) is 5.69 Å². The van der Waals surface area contributed by atoms with Crippen LogP contribution in [0.4, 0.5) is 5.69 Å². The number of aromatic hydroxyl groups is 1. The lowest BCUT2D eigenvalue weighted by molar-refractivity contribution is 0.459. The quantitative estimate of drug-likeness (QED) is 0.456. The number of benzene rings is 3.